The number of likely N-dealkylation sites (N-methyl/N-ethyl adjacent to an activating group) is 1. The van der Waals surface area contributed by atoms with Crippen LogP contribution in [-0.4, -0.2) is 97.2 Å². The second-order valence-electron chi connectivity index (χ2n) is 10.1. The highest BCUT2D eigenvalue weighted by atomic mass is 32.1. The zero-order valence-electron chi connectivity index (χ0n) is 23.8. The second-order valence-corrected chi connectivity index (χ2v) is 10.4. The van der Waals surface area contributed by atoms with Crippen molar-refractivity contribution < 1.29 is 19.1 Å². The second kappa shape index (κ2) is 14.3. The van der Waals surface area contributed by atoms with Crippen LogP contribution in [0.2, 0.25) is 0 Å². The highest BCUT2D eigenvalue weighted by Gasteiger charge is 2.42. The summed E-state index contributed by atoms with van der Waals surface area (Å²) in [5.74, 6) is 1.33. The summed E-state index contributed by atoms with van der Waals surface area (Å²) >= 11 is 5.66. The van der Waals surface area contributed by atoms with E-state index in [1.165, 1.54) is 5.69 Å². The van der Waals surface area contributed by atoms with Gasteiger partial charge < -0.3 is 24.6 Å². The molecule has 2 aromatic carbocycles. The predicted octanol–water partition coefficient (Wildman–Crippen LogP) is 3.84. The fraction of sp³-hybridized carbons (Fsp3) is 0.500. The Kier molecular flexibility index (Phi) is 10.6. The van der Waals surface area contributed by atoms with Gasteiger partial charge in [-0.05, 0) is 87.1 Å². The average Bonchev–Trinajstić information content (AvgIpc) is 3.20. The van der Waals surface area contributed by atoms with E-state index < -0.39 is 6.04 Å². The zero-order chi connectivity index (χ0) is 28.5. The number of carbonyl (C=O) groups is 2. The van der Waals surface area contributed by atoms with E-state index in [1.54, 1.807) is 12.0 Å². The minimum atomic E-state index is -0.577. The number of hydrogen-bond acceptors (Lipinski definition) is 7. The lowest BCUT2D eigenvalue weighted by Crippen LogP contribution is -2.47. The molecule has 2 heterocycles. The van der Waals surface area contributed by atoms with Gasteiger partial charge in [0.15, 0.2) is 5.11 Å². The van der Waals surface area contributed by atoms with Crippen LogP contribution in [0, 0.1) is 0 Å². The number of nitrogens with one attached hydrogen (secondary N) is 1. The van der Waals surface area contributed by atoms with Crippen molar-refractivity contribution in [3.05, 3.63) is 48.5 Å². The van der Waals surface area contributed by atoms with E-state index in [1.807, 2.05) is 48.2 Å². The number of anilines is 2. The van der Waals surface area contributed by atoms with E-state index in [0.29, 0.717) is 30.5 Å². The molecular weight excluding hydrogens is 526 g/mol. The SMILES string of the molecule is CCCOc1ccc(NC(=O)C[C@@H]2C(=O)N(CC)C(=S)N2CCCN2CCN(c3ccc(OC)cc3)CC2)cc1. The van der Waals surface area contributed by atoms with E-state index in [0.717, 1.165) is 57.1 Å². The summed E-state index contributed by atoms with van der Waals surface area (Å²) in [4.78, 5) is 34.5. The molecule has 2 fully saturated rings. The lowest BCUT2D eigenvalue weighted by molar-refractivity contribution is -0.130. The molecule has 0 spiro atoms. The van der Waals surface area contributed by atoms with Crippen LogP contribution in [0.25, 0.3) is 0 Å². The topological polar surface area (TPSA) is 77.6 Å². The first-order valence-electron chi connectivity index (χ1n) is 14.2. The molecule has 1 atom stereocenters. The number of hydrogen-bond donors (Lipinski definition) is 1. The number of ether oxygens (including phenoxy) is 2. The summed E-state index contributed by atoms with van der Waals surface area (Å²) in [7, 11) is 1.68. The predicted molar refractivity (Wildman–Crippen MR) is 162 cm³/mol. The maximum absolute atomic E-state index is 13.1. The molecule has 10 heteroatoms. The van der Waals surface area contributed by atoms with Gasteiger partial charge in [-0.1, -0.05) is 6.92 Å². The number of methoxy groups -OCH3 is 1. The molecule has 40 heavy (non-hydrogen) atoms. The molecule has 4 rings (SSSR count). The summed E-state index contributed by atoms with van der Waals surface area (Å²) in [5.41, 5.74) is 1.89. The Morgan fingerprint density at radius 2 is 1.65 bits per heavy atom. The lowest BCUT2D eigenvalue weighted by atomic mass is 10.1. The minimum absolute atomic E-state index is 0.0596. The summed E-state index contributed by atoms with van der Waals surface area (Å²) in [6.07, 6.45) is 1.86. The van der Waals surface area contributed by atoms with Gasteiger partial charge in [0, 0.05) is 50.6 Å². The van der Waals surface area contributed by atoms with E-state index in [9.17, 15) is 9.59 Å². The smallest absolute Gasteiger partial charge is 0.252 e. The first kappa shape index (κ1) is 29.6. The Bertz CT molecular complexity index is 1140. The highest BCUT2D eigenvalue weighted by molar-refractivity contribution is 7.80. The molecule has 216 valence electrons. The standard InChI is InChI=1S/C30H41N5O4S/c1-4-21-39-26-11-7-23(8-12-26)31-28(36)22-27-29(37)34(5-2)30(40)35(27)16-6-15-32-17-19-33(20-18-32)24-9-13-25(38-3)14-10-24/h7-14,27H,4-6,15-22H2,1-3H3,(H,31,36)/t27-/m1/s1. The molecule has 0 radical (unpaired) electrons. The maximum Gasteiger partial charge on any atom is 0.252 e. The molecule has 1 N–H and O–H groups in total. The van der Waals surface area contributed by atoms with Gasteiger partial charge >= 0.3 is 0 Å². The number of rotatable bonds is 13. The Morgan fingerprint density at radius 3 is 2.27 bits per heavy atom. The van der Waals surface area contributed by atoms with Crippen LogP contribution in [0.15, 0.2) is 48.5 Å². The van der Waals surface area contributed by atoms with Gasteiger partial charge in [-0.3, -0.25) is 19.4 Å². The first-order chi connectivity index (χ1) is 19.4. The maximum atomic E-state index is 13.1. The zero-order valence-corrected chi connectivity index (χ0v) is 24.6. The third kappa shape index (κ3) is 7.42. The van der Waals surface area contributed by atoms with Crippen molar-refractivity contribution in [3.63, 3.8) is 0 Å². The van der Waals surface area contributed by atoms with Crippen LogP contribution < -0.4 is 19.7 Å². The largest absolute Gasteiger partial charge is 0.497 e. The molecule has 0 aliphatic carbocycles. The summed E-state index contributed by atoms with van der Waals surface area (Å²) in [6.45, 7) is 10.6. The van der Waals surface area contributed by atoms with Crippen molar-refractivity contribution in [3.8, 4) is 11.5 Å². The number of carbonyl (C=O) groups excluding carboxylic acids is 2. The molecule has 0 aromatic heterocycles. The number of amides is 2. The molecule has 2 saturated heterocycles. The van der Waals surface area contributed by atoms with Crippen molar-refractivity contribution in [2.45, 2.75) is 39.2 Å². The molecule has 2 aliphatic heterocycles. The van der Waals surface area contributed by atoms with Gasteiger partial charge in [0.25, 0.3) is 5.91 Å². The van der Waals surface area contributed by atoms with E-state index in [2.05, 4.69) is 34.2 Å². The van der Waals surface area contributed by atoms with Gasteiger partial charge in [0.2, 0.25) is 5.91 Å². The molecular formula is C30H41N5O4S. The number of nitrogens with zero attached hydrogens (tertiary/aromatic N) is 4. The lowest BCUT2D eigenvalue weighted by Gasteiger charge is -2.36. The molecule has 0 bridgehead atoms. The van der Waals surface area contributed by atoms with Crippen molar-refractivity contribution in [1.29, 1.82) is 0 Å². The van der Waals surface area contributed by atoms with Crippen LogP contribution in [0.1, 0.15) is 33.1 Å². The third-order valence-corrected chi connectivity index (χ3v) is 7.85. The van der Waals surface area contributed by atoms with Crippen molar-refractivity contribution in [2.75, 3.05) is 69.7 Å². The summed E-state index contributed by atoms with van der Waals surface area (Å²) < 4.78 is 10.9. The average molecular weight is 568 g/mol. The van der Waals surface area contributed by atoms with Crippen LogP contribution in [-0.2, 0) is 9.59 Å². The number of thiocarbonyl (C=S) groups is 1. The molecule has 9 nitrogen and oxygen atoms in total. The molecule has 2 amide bonds. The molecule has 0 unspecified atom stereocenters. The monoisotopic (exact) mass is 567 g/mol. The summed E-state index contributed by atoms with van der Waals surface area (Å²) in [5, 5.41) is 3.44. The van der Waals surface area contributed by atoms with Gasteiger partial charge in [-0.15, -0.1) is 0 Å². The fourth-order valence-corrected chi connectivity index (χ4v) is 5.60. The number of piperazine rings is 1. The summed E-state index contributed by atoms with van der Waals surface area (Å²) in [6, 6.07) is 14.9. The quantitative estimate of drug-likeness (QED) is 0.366. The van der Waals surface area contributed by atoms with Crippen LogP contribution >= 0.6 is 12.2 Å². The molecule has 0 saturated carbocycles. The first-order valence-corrected chi connectivity index (χ1v) is 14.6. The van der Waals surface area contributed by atoms with Crippen LogP contribution in [0.3, 0.4) is 0 Å². The van der Waals surface area contributed by atoms with Gasteiger partial charge in [0.05, 0.1) is 20.1 Å². The minimum Gasteiger partial charge on any atom is -0.497 e. The van der Waals surface area contributed by atoms with Crippen molar-refractivity contribution >= 4 is 40.5 Å². The van der Waals surface area contributed by atoms with Crippen molar-refractivity contribution in [1.82, 2.24) is 14.7 Å². The normalized spacial score (nSPS) is 17.9. The Hall–Kier alpha value is -3.37. The third-order valence-electron chi connectivity index (χ3n) is 7.39. The van der Waals surface area contributed by atoms with Crippen molar-refractivity contribution in [2.24, 2.45) is 0 Å². The van der Waals surface area contributed by atoms with Gasteiger partial charge in [0.1, 0.15) is 17.5 Å². The van der Waals surface area contributed by atoms with Crippen LogP contribution in [0.4, 0.5) is 11.4 Å². The van der Waals surface area contributed by atoms with Gasteiger partial charge in [-0.25, -0.2) is 0 Å². The van der Waals surface area contributed by atoms with E-state index in [-0.39, 0.29) is 18.2 Å². The highest BCUT2D eigenvalue weighted by Crippen LogP contribution is 2.24. The Balaban J connectivity index is 1.27. The Labute approximate surface area is 243 Å². The molecule has 2 aliphatic rings. The fourth-order valence-electron chi connectivity index (χ4n) is 5.17. The van der Waals surface area contributed by atoms with Crippen LogP contribution in [0.5, 0.6) is 11.5 Å². The molecule has 2 aromatic rings. The Morgan fingerprint density at radius 1 is 0.975 bits per heavy atom. The van der Waals surface area contributed by atoms with E-state index in [4.69, 9.17) is 21.7 Å². The van der Waals surface area contributed by atoms with E-state index >= 15 is 0 Å². The van der Waals surface area contributed by atoms with Gasteiger partial charge in [-0.2, -0.15) is 0 Å². The number of benzene rings is 2.